The predicted molar refractivity (Wildman–Crippen MR) is 68.7 cm³/mol. The van der Waals surface area contributed by atoms with E-state index in [9.17, 15) is 0 Å². The average molecular weight is 223 g/mol. The van der Waals surface area contributed by atoms with Crippen LogP contribution in [-0.4, -0.2) is 22.4 Å². The molecule has 0 amide bonds. The monoisotopic (exact) mass is 223 g/mol. The minimum Gasteiger partial charge on any atom is -0.312 e. The molecule has 0 fully saturated rings. The number of nitrogens with one attached hydrogen (secondary N) is 1. The van der Waals surface area contributed by atoms with Gasteiger partial charge in [0.1, 0.15) is 0 Å². The molecule has 1 heterocycles. The van der Waals surface area contributed by atoms with Crippen molar-refractivity contribution >= 4 is 0 Å². The van der Waals surface area contributed by atoms with Crippen molar-refractivity contribution in [3.05, 3.63) is 17.5 Å². The lowest BCUT2D eigenvalue weighted by Crippen LogP contribution is -2.29. The maximum Gasteiger partial charge on any atom is 0.0624 e. The number of aryl methyl sites for hydroxylation is 2. The predicted octanol–water partition coefficient (Wildman–Crippen LogP) is 2.40. The molecule has 1 aromatic rings. The van der Waals surface area contributed by atoms with Crippen LogP contribution in [0.25, 0.3) is 0 Å². The molecule has 0 radical (unpaired) electrons. The Hall–Kier alpha value is -0.830. The summed E-state index contributed by atoms with van der Waals surface area (Å²) in [7, 11) is 0. The van der Waals surface area contributed by atoms with Crippen molar-refractivity contribution in [3.8, 4) is 0 Å². The van der Waals surface area contributed by atoms with E-state index in [-0.39, 0.29) is 0 Å². The van der Waals surface area contributed by atoms with Gasteiger partial charge >= 0.3 is 0 Å². The molecule has 16 heavy (non-hydrogen) atoms. The van der Waals surface area contributed by atoms with Crippen molar-refractivity contribution < 1.29 is 0 Å². The second-order valence-corrected chi connectivity index (χ2v) is 4.32. The van der Waals surface area contributed by atoms with Crippen LogP contribution in [0.5, 0.6) is 0 Å². The second-order valence-electron chi connectivity index (χ2n) is 4.32. The summed E-state index contributed by atoms with van der Waals surface area (Å²) in [6.07, 6.45) is 3.27. The van der Waals surface area contributed by atoms with E-state index in [2.05, 4.69) is 48.9 Å². The third-order valence-corrected chi connectivity index (χ3v) is 3.07. The van der Waals surface area contributed by atoms with Crippen LogP contribution < -0.4 is 5.32 Å². The molecule has 0 aromatic carbocycles. The van der Waals surface area contributed by atoms with Gasteiger partial charge in [-0.3, -0.25) is 4.68 Å². The van der Waals surface area contributed by atoms with Crippen molar-refractivity contribution in [2.45, 2.75) is 59.5 Å². The molecule has 0 spiro atoms. The van der Waals surface area contributed by atoms with Crippen molar-refractivity contribution in [2.24, 2.45) is 0 Å². The highest BCUT2D eigenvalue weighted by Crippen LogP contribution is 2.05. The highest BCUT2D eigenvalue weighted by molar-refractivity contribution is 5.10. The minimum atomic E-state index is 0.603. The molecular formula is C13H25N3. The molecule has 1 aromatic heterocycles. The molecular weight excluding hydrogens is 198 g/mol. The highest BCUT2D eigenvalue weighted by Gasteiger charge is 2.05. The summed E-state index contributed by atoms with van der Waals surface area (Å²) in [4.78, 5) is 0. The zero-order valence-electron chi connectivity index (χ0n) is 11.1. The smallest absolute Gasteiger partial charge is 0.0624 e. The average Bonchev–Trinajstić information content (AvgIpc) is 2.71. The SMILES string of the molecule is CCc1cc(CC)n(CCNC(C)CC)n1. The zero-order chi connectivity index (χ0) is 12.0. The fourth-order valence-electron chi connectivity index (χ4n) is 1.73. The maximum atomic E-state index is 4.60. The lowest BCUT2D eigenvalue weighted by atomic mass is 10.2. The van der Waals surface area contributed by atoms with Crippen LogP contribution in [-0.2, 0) is 19.4 Å². The largest absolute Gasteiger partial charge is 0.312 e. The number of aromatic nitrogens is 2. The van der Waals surface area contributed by atoms with E-state index < -0.39 is 0 Å². The number of hydrogen-bond acceptors (Lipinski definition) is 2. The first kappa shape index (κ1) is 13.2. The first-order valence-electron chi connectivity index (χ1n) is 6.50. The van der Waals surface area contributed by atoms with Gasteiger partial charge in [0.15, 0.2) is 0 Å². The molecule has 1 atom stereocenters. The molecule has 1 unspecified atom stereocenters. The molecule has 1 rings (SSSR count). The normalized spacial score (nSPS) is 13.0. The van der Waals surface area contributed by atoms with Crippen molar-refractivity contribution in [1.82, 2.24) is 15.1 Å². The van der Waals surface area contributed by atoms with E-state index in [4.69, 9.17) is 0 Å². The summed E-state index contributed by atoms with van der Waals surface area (Å²) in [6, 6.07) is 2.83. The zero-order valence-corrected chi connectivity index (χ0v) is 11.1. The Labute approximate surface area is 99.2 Å². The molecule has 3 heteroatoms. The molecule has 92 valence electrons. The Morgan fingerprint density at radius 3 is 2.62 bits per heavy atom. The molecule has 0 aliphatic heterocycles. The lowest BCUT2D eigenvalue weighted by molar-refractivity contribution is 0.478. The van der Waals surface area contributed by atoms with Gasteiger partial charge in [0.2, 0.25) is 0 Å². The van der Waals surface area contributed by atoms with Gasteiger partial charge in [-0.1, -0.05) is 20.8 Å². The fraction of sp³-hybridized carbons (Fsp3) is 0.769. The number of hydrogen-bond donors (Lipinski definition) is 1. The summed E-state index contributed by atoms with van der Waals surface area (Å²) in [5.41, 5.74) is 2.56. The van der Waals surface area contributed by atoms with Crippen LogP contribution in [0.2, 0.25) is 0 Å². The number of nitrogens with zero attached hydrogens (tertiary/aromatic N) is 2. The van der Waals surface area contributed by atoms with Gasteiger partial charge in [-0.25, -0.2) is 0 Å². The standard InChI is InChI=1S/C13H25N3/c1-5-11(4)14-8-9-16-13(7-3)10-12(6-2)15-16/h10-11,14H,5-9H2,1-4H3. The van der Waals surface area contributed by atoms with E-state index >= 15 is 0 Å². The van der Waals surface area contributed by atoms with E-state index in [1.165, 1.54) is 17.8 Å². The number of rotatable bonds is 7. The van der Waals surface area contributed by atoms with Crippen molar-refractivity contribution in [2.75, 3.05) is 6.54 Å². The third-order valence-electron chi connectivity index (χ3n) is 3.07. The van der Waals surface area contributed by atoms with Crippen LogP contribution in [0.4, 0.5) is 0 Å². The summed E-state index contributed by atoms with van der Waals surface area (Å²) in [5, 5.41) is 8.10. The molecule has 3 nitrogen and oxygen atoms in total. The van der Waals surface area contributed by atoms with E-state index in [0.717, 1.165) is 25.9 Å². The van der Waals surface area contributed by atoms with Gasteiger partial charge in [0, 0.05) is 18.3 Å². The molecule has 0 aliphatic rings. The van der Waals surface area contributed by atoms with Crippen LogP contribution in [0, 0.1) is 0 Å². The Balaban J connectivity index is 2.49. The lowest BCUT2D eigenvalue weighted by Gasteiger charge is -2.12. The molecule has 0 saturated carbocycles. The van der Waals surface area contributed by atoms with Gasteiger partial charge in [0.25, 0.3) is 0 Å². The summed E-state index contributed by atoms with van der Waals surface area (Å²) in [6.45, 7) is 10.8. The van der Waals surface area contributed by atoms with Gasteiger partial charge in [-0.2, -0.15) is 5.10 Å². The first-order valence-corrected chi connectivity index (χ1v) is 6.50. The molecule has 0 aliphatic carbocycles. The van der Waals surface area contributed by atoms with Crippen molar-refractivity contribution in [1.29, 1.82) is 0 Å². The van der Waals surface area contributed by atoms with E-state index in [1.807, 2.05) is 0 Å². The topological polar surface area (TPSA) is 29.9 Å². The third kappa shape index (κ3) is 3.63. The fourth-order valence-corrected chi connectivity index (χ4v) is 1.73. The van der Waals surface area contributed by atoms with Crippen molar-refractivity contribution in [3.63, 3.8) is 0 Å². The Bertz CT molecular complexity index is 304. The first-order chi connectivity index (χ1) is 7.71. The Morgan fingerprint density at radius 1 is 1.31 bits per heavy atom. The quantitative estimate of drug-likeness (QED) is 0.769. The summed E-state index contributed by atoms with van der Waals surface area (Å²) in [5.74, 6) is 0. The minimum absolute atomic E-state index is 0.603. The second kappa shape index (κ2) is 6.69. The van der Waals surface area contributed by atoms with Crippen LogP contribution in [0.15, 0.2) is 6.07 Å². The van der Waals surface area contributed by atoms with Crippen LogP contribution in [0.1, 0.15) is 45.5 Å². The van der Waals surface area contributed by atoms with Crippen LogP contribution in [0.3, 0.4) is 0 Å². The van der Waals surface area contributed by atoms with E-state index in [1.54, 1.807) is 0 Å². The van der Waals surface area contributed by atoms with Gasteiger partial charge in [0.05, 0.1) is 12.2 Å². The molecule has 0 saturated heterocycles. The Morgan fingerprint density at radius 2 is 2.06 bits per heavy atom. The summed E-state index contributed by atoms with van der Waals surface area (Å²) >= 11 is 0. The maximum absolute atomic E-state index is 4.60. The van der Waals surface area contributed by atoms with Gasteiger partial charge < -0.3 is 5.32 Å². The van der Waals surface area contributed by atoms with Gasteiger partial charge in [-0.05, 0) is 32.3 Å². The van der Waals surface area contributed by atoms with E-state index in [0.29, 0.717) is 6.04 Å². The van der Waals surface area contributed by atoms with Gasteiger partial charge in [-0.15, -0.1) is 0 Å². The molecule has 0 bridgehead atoms. The highest BCUT2D eigenvalue weighted by atomic mass is 15.3. The van der Waals surface area contributed by atoms with Crippen LogP contribution >= 0.6 is 0 Å². The molecule has 1 N–H and O–H groups in total. The summed E-state index contributed by atoms with van der Waals surface area (Å²) < 4.78 is 2.15. The Kier molecular flexibility index (Phi) is 5.53.